The Kier molecular flexibility index (Phi) is 8.96. The molecule has 0 bridgehead atoms. The number of carbonyl (C=O) groups excluding carboxylic acids is 2. The monoisotopic (exact) mass is 641 g/mol. The van der Waals surface area contributed by atoms with Crippen LogP contribution in [0.15, 0.2) is 43.0 Å². The summed E-state index contributed by atoms with van der Waals surface area (Å²) in [5.41, 5.74) is 6.63. The van der Waals surface area contributed by atoms with E-state index in [0.717, 1.165) is 12.5 Å². The molecule has 46 heavy (non-hydrogen) atoms. The first-order chi connectivity index (χ1) is 21.6. The number of likely N-dealkylation sites (tertiary alicyclic amines) is 1. The van der Waals surface area contributed by atoms with Gasteiger partial charge >= 0.3 is 12.3 Å². The van der Waals surface area contributed by atoms with E-state index in [1.165, 1.54) is 16.8 Å². The molecule has 0 spiro atoms. The Morgan fingerprint density at radius 1 is 1.11 bits per heavy atom. The largest absolute Gasteiger partial charge is 0.444 e. The summed E-state index contributed by atoms with van der Waals surface area (Å²) in [4.78, 5) is 35.5. The molecule has 15 heteroatoms. The maximum Gasteiger partial charge on any atom is 0.433 e. The number of nitrogen functional groups attached to an aromatic ring is 1. The number of hydrogen-bond acceptors (Lipinski definition) is 8. The smallest absolute Gasteiger partial charge is 0.433 e. The van der Waals surface area contributed by atoms with E-state index in [4.69, 9.17) is 10.5 Å². The number of carbonyl (C=O) groups is 2. The molecule has 12 nitrogen and oxygen atoms in total. The van der Waals surface area contributed by atoms with Gasteiger partial charge in [-0.1, -0.05) is 13.0 Å². The van der Waals surface area contributed by atoms with E-state index in [1.54, 1.807) is 55.0 Å². The topological polar surface area (TPSA) is 146 Å². The van der Waals surface area contributed by atoms with Gasteiger partial charge in [-0.25, -0.2) is 9.31 Å². The summed E-state index contributed by atoms with van der Waals surface area (Å²) < 4.78 is 48.7. The van der Waals surface area contributed by atoms with Crippen molar-refractivity contribution in [1.29, 1.82) is 0 Å². The molecule has 5 heterocycles. The molecule has 5 rings (SSSR count). The molecule has 2 amide bonds. The lowest BCUT2D eigenvalue weighted by Crippen LogP contribution is -2.43. The Labute approximate surface area is 264 Å². The molecule has 1 fully saturated rings. The summed E-state index contributed by atoms with van der Waals surface area (Å²) in [5.74, 6) is -0.399. The number of aromatic nitrogens is 6. The number of nitrogens with one attached hydrogen (secondary N) is 1. The second kappa shape index (κ2) is 12.6. The molecular formula is C31H38F3N9O3. The van der Waals surface area contributed by atoms with Crippen molar-refractivity contribution in [3.05, 3.63) is 59.8 Å². The van der Waals surface area contributed by atoms with Gasteiger partial charge in [-0.15, -0.1) is 5.10 Å². The Morgan fingerprint density at radius 3 is 2.43 bits per heavy atom. The highest BCUT2D eigenvalue weighted by Crippen LogP contribution is 2.36. The molecule has 1 aliphatic heterocycles. The second-order valence-corrected chi connectivity index (χ2v) is 12.6. The van der Waals surface area contributed by atoms with Crippen LogP contribution in [0.3, 0.4) is 0 Å². The van der Waals surface area contributed by atoms with Crippen LogP contribution in [0.4, 0.5) is 23.9 Å². The van der Waals surface area contributed by atoms with E-state index < -0.39 is 29.6 Å². The average molecular weight is 642 g/mol. The molecule has 246 valence electrons. The van der Waals surface area contributed by atoms with E-state index in [0.29, 0.717) is 48.3 Å². The van der Waals surface area contributed by atoms with Crippen molar-refractivity contribution in [1.82, 2.24) is 39.6 Å². The van der Waals surface area contributed by atoms with E-state index in [1.807, 2.05) is 13.8 Å². The average Bonchev–Trinajstić information content (AvgIpc) is 3.62. The lowest BCUT2D eigenvalue weighted by Gasteiger charge is -2.37. The van der Waals surface area contributed by atoms with Gasteiger partial charge in [-0.05, 0) is 70.6 Å². The number of pyridine rings is 2. The molecule has 0 aliphatic carbocycles. The van der Waals surface area contributed by atoms with Crippen LogP contribution in [0.1, 0.15) is 81.5 Å². The van der Waals surface area contributed by atoms with Gasteiger partial charge in [-0.3, -0.25) is 14.5 Å². The fraction of sp³-hybridized carbons (Fsp3) is 0.484. The number of alkyl halides is 3. The number of hydrogen-bond donors (Lipinski definition) is 2. The molecule has 4 aromatic heterocycles. The van der Waals surface area contributed by atoms with Crippen LogP contribution in [-0.4, -0.2) is 71.0 Å². The predicted octanol–water partition coefficient (Wildman–Crippen LogP) is 5.35. The van der Waals surface area contributed by atoms with E-state index in [9.17, 15) is 22.8 Å². The molecule has 2 atom stereocenters. The molecule has 3 N–H and O–H groups in total. The number of rotatable bonds is 7. The van der Waals surface area contributed by atoms with Gasteiger partial charge in [0.15, 0.2) is 5.65 Å². The van der Waals surface area contributed by atoms with Crippen molar-refractivity contribution < 1.29 is 27.5 Å². The van der Waals surface area contributed by atoms with Gasteiger partial charge < -0.3 is 20.7 Å². The zero-order valence-corrected chi connectivity index (χ0v) is 26.4. The second-order valence-electron chi connectivity index (χ2n) is 12.6. The minimum atomic E-state index is -4.58. The van der Waals surface area contributed by atoms with Gasteiger partial charge in [0, 0.05) is 48.8 Å². The van der Waals surface area contributed by atoms with Crippen LogP contribution < -0.4 is 11.1 Å². The lowest BCUT2D eigenvalue weighted by atomic mass is 9.86. The summed E-state index contributed by atoms with van der Waals surface area (Å²) in [6.07, 6.45) is 3.20. The van der Waals surface area contributed by atoms with Crippen molar-refractivity contribution in [2.24, 2.45) is 5.92 Å². The SMILES string of the molecule is CCC(C)NC(=O)c1cc(-c2cnn(C(c3ccc(C(F)(F)F)nc3)C3CCN(C(=O)OC(C)(C)C)CC3)c2)cn2nc(N)nc12. The fourth-order valence-electron chi connectivity index (χ4n) is 5.48. The highest BCUT2D eigenvalue weighted by Gasteiger charge is 2.35. The van der Waals surface area contributed by atoms with Crippen LogP contribution in [-0.2, 0) is 10.9 Å². The fourth-order valence-corrected chi connectivity index (χ4v) is 5.48. The summed E-state index contributed by atoms with van der Waals surface area (Å²) in [6.45, 7) is 10.1. The lowest BCUT2D eigenvalue weighted by molar-refractivity contribution is -0.141. The number of ether oxygens (including phenoxy) is 1. The van der Waals surface area contributed by atoms with E-state index in [2.05, 4.69) is 25.5 Å². The molecule has 1 saturated heterocycles. The van der Waals surface area contributed by atoms with Crippen LogP contribution in [0.2, 0.25) is 0 Å². The standard InChI is InChI=1S/C31H38F3N9O3/c1-6-18(2)38-27(44)23-13-21(16-43-26(23)39-28(35)40-43)22-15-37-42(17-22)25(20-7-8-24(36-14-20)31(32,33)34)19-9-11-41(12-10-19)29(45)46-30(3,4)5/h7-8,13-19,25H,6,9-12H2,1-5H3,(H2,35,40)(H,38,44). The highest BCUT2D eigenvalue weighted by atomic mass is 19.4. The maximum atomic E-state index is 13.3. The van der Waals surface area contributed by atoms with Crippen LogP contribution >= 0.6 is 0 Å². The van der Waals surface area contributed by atoms with Gasteiger partial charge in [0.1, 0.15) is 11.3 Å². The summed E-state index contributed by atoms with van der Waals surface area (Å²) in [7, 11) is 0. The maximum absolute atomic E-state index is 13.3. The number of halogens is 3. The molecule has 4 aromatic rings. The molecular weight excluding hydrogens is 603 g/mol. The van der Waals surface area contributed by atoms with E-state index >= 15 is 0 Å². The van der Waals surface area contributed by atoms with Gasteiger partial charge in [-0.2, -0.15) is 23.3 Å². The number of anilines is 1. The van der Waals surface area contributed by atoms with Crippen molar-refractivity contribution in [2.75, 3.05) is 18.8 Å². The van der Waals surface area contributed by atoms with Gasteiger partial charge in [0.2, 0.25) is 5.95 Å². The zero-order chi connectivity index (χ0) is 33.4. The van der Waals surface area contributed by atoms with Crippen molar-refractivity contribution in [2.45, 2.75) is 77.7 Å². The number of fused-ring (bicyclic) bond motifs is 1. The van der Waals surface area contributed by atoms with Crippen LogP contribution in [0.5, 0.6) is 0 Å². The first kappa shape index (κ1) is 32.7. The van der Waals surface area contributed by atoms with Gasteiger partial charge in [0.05, 0.1) is 17.8 Å². The molecule has 0 aromatic carbocycles. The molecule has 1 aliphatic rings. The minimum Gasteiger partial charge on any atom is -0.444 e. The first-order valence-corrected chi connectivity index (χ1v) is 15.1. The number of nitrogens with zero attached hydrogens (tertiary/aromatic N) is 7. The van der Waals surface area contributed by atoms with Crippen molar-refractivity contribution in [3.8, 4) is 11.1 Å². The summed E-state index contributed by atoms with van der Waals surface area (Å²) >= 11 is 0. The number of piperidine rings is 1. The molecule has 0 saturated carbocycles. The summed E-state index contributed by atoms with van der Waals surface area (Å²) in [6, 6.07) is 3.52. The number of nitrogens with two attached hydrogens (primary N) is 1. The normalized spacial score (nSPS) is 16.0. The number of amides is 2. The minimum absolute atomic E-state index is 0.0121. The Bertz CT molecular complexity index is 1700. The third kappa shape index (κ3) is 7.23. The summed E-state index contributed by atoms with van der Waals surface area (Å²) in [5, 5.41) is 11.8. The van der Waals surface area contributed by atoms with Gasteiger partial charge in [0.25, 0.3) is 5.91 Å². The quantitative estimate of drug-likeness (QED) is 0.275. The zero-order valence-electron chi connectivity index (χ0n) is 26.4. The predicted molar refractivity (Wildman–Crippen MR) is 164 cm³/mol. The van der Waals surface area contributed by atoms with E-state index in [-0.39, 0.29) is 29.4 Å². The Hall–Kier alpha value is -4.69. The first-order valence-electron chi connectivity index (χ1n) is 15.1. The van der Waals surface area contributed by atoms with Crippen LogP contribution in [0, 0.1) is 5.92 Å². The highest BCUT2D eigenvalue weighted by molar-refractivity contribution is 6.01. The molecule has 2 unspecified atom stereocenters. The van der Waals surface area contributed by atoms with Crippen molar-refractivity contribution >= 4 is 23.6 Å². The third-order valence-corrected chi connectivity index (χ3v) is 7.96. The molecule has 0 radical (unpaired) electrons. The van der Waals surface area contributed by atoms with Crippen molar-refractivity contribution in [3.63, 3.8) is 0 Å². The Balaban J connectivity index is 1.49. The third-order valence-electron chi connectivity index (χ3n) is 7.96. The van der Waals surface area contributed by atoms with Crippen LogP contribution in [0.25, 0.3) is 16.8 Å². The Morgan fingerprint density at radius 2 is 1.83 bits per heavy atom.